The quantitative estimate of drug-likeness (QED) is 0.804. The van der Waals surface area contributed by atoms with Gasteiger partial charge in [0.25, 0.3) is 0 Å². The molecule has 0 spiro atoms. The number of carbonyl (C=O) groups is 2. The fraction of sp³-hybridized carbons (Fsp3) is 0.391. The van der Waals surface area contributed by atoms with Crippen LogP contribution in [0.4, 0.5) is 5.69 Å². The molecule has 1 N–H and O–H groups in total. The Bertz CT molecular complexity index is 802. The zero-order chi connectivity index (χ0) is 20.1. The lowest BCUT2D eigenvalue weighted by Gasteiger charge is -2.28. The van der Waals surface area contributed by atoms with E-state index in [1.807, 2.05) is 44.4 Å². The Kier molecular flexibility index (Phi) is 6.47. The number of nitrogens with zero attached hydrogens (tertiary/aromatic N) is 2. The van der Waals surface area contributed by atoms with Crippen molar-refractivity contribution in [2.24, 2.45) is 0 Å². The predicted octanol–water partition coefficient (Wildman–Crippen LogP) is 3.16. The van der Waals surface area contributed by atoms with E-state index in [9.17, 15) is 9.59 Å². The van der Waals surface area contributed by atoms with Gasteiger partial charge in [-0.25, -0.2) is 0 Å². The summed E-state index contributed by atoms with van der Waals surface area (Å²) in [6.45, 7) is 2.64. The number of carbonyl (C=O) groups excluding carboxylic acids is 2. The zero-order valence-corrected chi connectivity index (χ0v) is 16.9. The molecule has 1 fully saturated rings. The van der Waals surface area contributed by atoms with Gasteiger partial charge in [0, 0.05) is 18.7 Å². The molecular formula is C23H29N3O2. The Labute approximate surface area is 167 Å². The first kappa shape index (κ1) is 20.1. The van der Waals surface area contributed by atoms with Gasteiger partial charge in [0.1, 0.15) is 6.04 Å². The van der Waals surface area contributed by atoms with Crippen LogP contribution in [-0.4, -0.2) is 43.4 Å². The maximum atomic E-state index is 12.9. The third kappa shape index (κ3) is 4.42. The number of hydrogen-bond acceptors (Lipinski definition) is 3. The number of benzene rings is 2. The third-order valence-electron chi connectivity index (χ3n) is 5.41. The van der Waals surface area contributed by atoms with Gasteiger partial charge in [0.2, 0.25) is 11.8 Å². The third-order valence-corrected chi connectivity index (χ3v) is 5.41. The van der Waals surface area contributed by atoms with Crippen molar-refractivity contribution in [1.29, 1.82) is 0 Å². The number of nitrogens with one attached hydrogen (secondary N) is 1. The number of hydrogen-bond donors (Lipinski definition) is 1. The molecule has 2 atom stereocenters. The molecule has 0 radical (unpaired) electrons. The molecule has 1 heterocycles. The van der Waals surface area contributed by atoms with E-state index in [-0.39, 0.29) is 17.9 Å². The summed E-state index contributed by atoms with van der Waals surface area (Å²) < 4.78 is 0. The molecular weight excluding hydrogens is 350 g/mol. The lowest BCUT2D eigenvalue weighted by atomic mass is 10.0. The molecule has 2 unspecified atom stereocenters. The van der Waals surface area contributed by atoms with Crippen LogP contribution in [0, 0.1) is 0 Å². The average Bonchev–Trinajstić information content (AvgIpc) is 3.10. The van der Waals surface area contributed by atoms with Gasteiger partial charge >= 0.3 is 0 Å². The maximum Gasteiger partial charge on any atom is 0.243 e. The zero-order valence-electron chi connectivity index (χ0n) is 16.9. The number of likely N-dealkylation sites (N-methyl/N-ethyl adjacent to an activating group) is 1. The number of anilines is 1. The summed E-state index contributed by atoms with van der Waals surface area (Å²) in [5.74, 6) is -0.0857. The predicted molar refractivity (Wildman–Crippen MR) is 112 cm³/mol. The van der Waals surface area contributed by atoms with Crippen LogP contribution in [-0.2, 0) is 16.0 Å². The van der Waals surface area contributed by atoms with Crippen molar-refractivity contribution in [2.45, 2.75) is 38.3 Å². The molecule has 1 aliphatic rings. The normalized spacial score (nSPS) is 17.8. The van der Waals surface area contributed by atoms with Crippen LogP contribution in [0.1, 0.15) is 36.9 Å². The van der Waals surface area contributed by atoms with Crippen LogP contribution in [0.25, 0.3) is 0 Å². The van der Waals surface area contributed by atoms with E-state index in [2.05, 4.69) is 41.4 Å². The molecule has 28 heavy (non-hydrogen) atoms. The van der Waals surface area contributed by atoms with Crippen molar-refractivity contribution in [3.05, 3.63) is 65.7 Å². The smallest absolute Gasteiger partial charge is 0.243 e. The Morgan fingerprint density at radius 1 is 1.14 bits per heavy atom. The van der Waals surface area contributed by atoms with Crippen molar-refractivity contribution in [2.75, 3.05) is 25.5 Å². The average molecular weight is 380 g/mol. The van der Waals surface area contributed by atoms with Crippen molar-refractivity contribution >= 4 is 17.5 Å². The summed E-state index contributed by atoms with van der Waals surface area (Å²) in [5, 5.41) is 3.08. The van der Waals surface area contributed by atoms with E-state index < -0.39 is 6.04 Å². The minimum atomic E-state index is -0.444. The van der Waals surface area contributed by atoms with E-state index in [4.69, 9.17) is 0 Å². The second-order valence-electron chi connectivity index (χ2n) is 7.47. The fourth-order valence-electron chi connectivity index (χ4n) is 3.73. The summed E-state index contributed by atoms with van der Waals surface area (Å²) in [6, 6.07) is 17.6. The van der Waals surface area contributed by atoms with Gasteiger partial charge in [0.05, 0.1) is 6.04 Å². The molecule has 148 valence electrons. The molecule has 0 aliphatic carbocycles. The first-order valence-corrected chi connectivity index (χ1v) is 9.91. The standard InChI is InChI=1S/C23H29N3O2/c1-4-17-10-12-18(13-11-17)21(25(2)3)16-24-23(28)20-14-15-22(27)26(20)19-8-6-5-7-9-19/h5-13,20-21H,4,14-16H2,1-3H3,(H,24,28). The van der Waals surface area contributed by atoms with Gasteiger partial charge in [0.15, 0.2) is 0 Å². The largest absolute Gasteiger partial charge is 0.352 e. The van der Waals surface area contributed by atoms with Crippen LogP contribution in [0.15, 0.2) is 54.6 Å². The maximum absolute atomic E-state index is 12.9. The topological polar surface area (TPSA) is 52.7 Å². The van der Waals surface area contributed by atoms with E-state index in [0.29, 0.717) is 19.4 Å². The molecule has 0 saturated carbocycles. The van der Waals surface area contributed by atoms with Gasteiger partial charge in [-0.15, -0.1) is 0 Å². The highest BCUT2D eigenvalue weighted by Gasteiger charge is 2.37. The van der Waals surface area contributed by atoms with E-state index in [1.54, 1.807) is 4.90 Å². The summed E-state index contributed by atoms with van der Waals surface area (Å²) in [5.41, 5.74) is 3.25. The first-order chi connectivity index (χ1) is 13.5. The lowest BCUT2D eigenvalue weighted by molar-refractivity contribution is -0.124. The number of rotatable bonds is 7. The van der Waals surface area contributed by atoms with Crippen molar-refractivity contribution in [3.63, 3.8) is 0 Å². The molecule has 2 amide bonds. The minimum absolute atomic E-state index is 0.00524. The van der Waals surface area contributed by atoms with Gasteiger partial charge in [-0.2, -0.15) is 0 Å². The lowest BCUT2D eigenvalue weighted by Crippen LogP contribution is -2.46. The van der Waals surface area contributed by atoms with E-state index >= 15 is 0 Å². The molecule has 1 saturated heterocycles. The second kappa shape index (κ2) is 9.02. The second-order valence-corrected chi connectivity index (χ2v) is 7.47. The van der Waals surface area contributed by atoms with Gasteiger partial charge in [-0.1, -0.05) is 49.4 Å². The summed E-state index contributed by atoms with van der Waals surface area (Å²) >= 11 is 0. The van der Waals surface area contributed by atoms with E-state index in [0.717, 1.165) is 12.1 Å². The molecule has 2 aromatic rings. The highest BCUT2D eigenvalue weighted by atomic mass is 16.2. The fourth-order valence-corrected chi connectivity index (χ4v) is 3.73. The van der Waals surface area contributed by atoms with Crippen LogP contribution >= 0.6 is 0 Å². The van der Waals surface area contributed by atoms with Gasteiger partial charge < -0.3 is 10.2 Å². The molecule has 0 aromatic heterocycles. The SMILES string of the molecule is CCc1ccc(C(CNC(=O)C2CCC(=O)N2c2ccccc2)N(C)C)cc1. The van der Waals surface area contributed by atoms with Crippen molar-refractivity contribution < 1.29 is 9.59 Å². The monoisotopic (exact) mass is 379 g/mol. The Hall–Kier alpha value is -2.66. The Balaban J connectivity index is 1.69. The van der Waals surface area contributed by atoms with Crippen LogP contribution in [0.5, 0.6) is 0 Å². The number of amides is 2. The van der Waals surface area contributed by atoms with Crippen molar-refractivity contribution in [3.8, 4) is 0 Å². The number of para-hydroxylation sites is 1. The summed E-state index contributed by atoms with van der Waals surface area (Å²) in [6.07, 6.45) is 1.97. The number of aryl methyl sites for hydroxylation is 1. The summed E-state index contributed by atoms with van der Waals surface area (Å²) in [7, 11) is 4.03. The highest BCUT2D eigenvalue weighted by molar-refractivity contribution is 6.03. The molecule has 3 rings (SSSR count). The highest BCUT2D eigenvalue weighted by Crippen LogP contribution is 2.27. The van der Waals surface area contributed by atoms with Crippen LogP contribution in [0.2, 0.25) is 0 Å². The molecule has 0 bridgehead atoms. The molecule has 5 nitrogen and oxygen atoms in total. The molecule has 5 heteroatoms. The van der Waals surface area contributed by atoms with E-state index in [1.165, 1.54) is 11.1 Å². The Morgan fingerprint density at radius 2 is 1.82 bits per heavy atom. The Morgan fingerprint density at radius 3 is 2.43 bits per heavy atom. The molecule has 1 aliphatic heterocycles. The molecule has 2 aromatic carbocycles. The van der Waals surface area contributed by atoms with Crippen LogP contribution in [0.3, 0.4) is 0 Å². The van der Waals surface area contributed by atoms with Gasteiger partial charge in [-0.05, 0) is 50.2 Å². The van der Waals surface area contributed by atoms with Crippen LogP contribution < -0.4 is 10.2 Å². The van der Waals surface area contributed by atoms with Gasteiger partial charge in [-0.3, -0.25) is 14.5 Å². The first-order valence-electron chi connectivity index (χ1n) is 9.91. The minimum Gasteiger partial charge on any atom is -0.352 e. The summed E-state index contributed by atoms with van der Waals surface area (Å²) in [4.78, 5) is 29.0. The van der Waals surface area contributed by atoms with Crippen molar-refractivity contribution in [1.82, 2.24) is 10.2 Å².